The van der Waals surface area contributed by atoms with Crippen LogP contribution < -0.4 is 4.74 Å². The molecular weight excluding hydrogens is 212 g/mol. The normalized spacial score (nSPS) is 12.2. The summed E-state index contributed by atoms with van der Waals surface area (Å²) in [5, 5.41) is 9.26. The Bertz CT molecular complexity index is 363. The van der Waals surface area contributed by atoms with Crippen molar-refractivity contribution in [3.05, 3.63) is 29.8 Å². The van der Waals surface area contributed by atoms with E-state index in [0.29, 0.717) is 6.61 Å². The lowest BCUT2D eigenvalue weighted by atomic mass is 10.1. The first-order valence-corrected chi connectivity index (χ1v) is 6.13. The highest BCUT2D eigenvalue weighted by Gasteiger charge is 2.16. The summed E-state index contributed by atoms with van der Waals surface area (Å²) in [6.07, 6.45) is 0. The molecule has 1 atom stereocenters. The van der Waals surface area contributed by atoms with Gasteiger partial charge in [-0.3, -0.25) is 4.90 Å². The van der Waals surface area contributed by atoms with Gasteiger partial charge in [0.1, 0.15) is 11.8 Å². The fourth-order valence-electron chi connectivity index (χ4n) is 1.87. The molecule has 92 valence electrons. The van der Waals surface area contributed by atoms with E-state index in [1.165, 1.54) is 0 Å². The number of nitriles is 1. The summed E-state index contributed by atoms with van der Waals surface area (Å²) in [4.78, 5) is 2.13. The van der Waals surface area contributed by atoms with Gasteiger partial charge in [-0.25, -0.2) is 0 Å². The van der Waals surface area contributed by atoms with E-state index in [-0.39, 0.29) is 6.04 Å². The van der Waals surface area contributed by atoms with E-state index in [1.807, 2.05) is 31.2 Å². The first kappa shape index (κ1) is 13.5. The van der Waals surface area contributed by atoms with Crippen LogP contribution in [-0.4, -0.2) is 24.6 Å². The molecule has 0 aliphatic rings. The zero-order valence-corrected chi connectivity index (χ0v) is 10.8. The summed E-state index contributed by atoms with van der Waals surface area (Å²) in [5.41, 5.74) is 1.03. The predicted molar refractivity (Wildman–Crippen MR) is 68.9 cm³/mol. The van der Waals surface area contributed by atoms with E-state index >= 15 is 0 Å². The molecule has 3 nitrogen and oxygen atoms in total. The van der Waals surface area contributed by atoms with E-state index in [1.54, 1.807) is 0 Å². The number of nitrogens with zero attached hydrogens (tertiary/aromatic N) is 2. The number of hydrogen-bond acceptors (Lipinski definition) is 3. The van der Waals surface area contributed by atoms with Gasteiger partial charge in [0, 0.05) is 0 Å². The van der Waals surface area contributed by atoms with Crippen molar-refractivity contribution in [1.29, 1.82) is 5.26 Å². The molecule has 0 radical (unpaired) electrons. The molecule has 3 heteroatoms. The highest BCUT2D eigenvalue weighted by molar-refractivity contribution is 5.31. The molecular formula is C14H20N2O. The standard InChI is InChI=1S/C14H20N2O/c1-4-16(5-2)14(11-15)12-7-9-13(10-8-12)17-6-3/h7-10,14H,4-6H2,1-3H3. The van der Waals surface area contributed by atoms with Gasteiger partial charge in [0.05, 0.1) is 12.7 Å². The molecule has 0 spiro atoms. The number of rotatable bonds is 6. The minimum Gasteiger partial charge on any atom is -0.494 e. The van der Waals surface area contributed by atoms with Crippen molar-refractivity contribution < 1.29 is 4.74 Å². The van der Waals surface area contributed by atoms with Gasteiger partial charge in [0.15, 0.2) is 0 Å². The van der Waals surface area contributed by atoms with Crippen LogP contribution in [0, 0.1) is 11.3 Å². The third kappa shape index (κ3) is 3.47. The van der Waals surface area contributed by atoms with Crippen molar-refractivity contribution in [1.82, 2.24) is 4.90 Å². The maximum atomic E-state index is 9.26. The Labute approximate surface area is 104 Å². The second-order valence-corrected chi connectivity index (χ2v) is 3.75. The van der Waals surface area contributed by atoms with Crippen molar-refractivity contribution >= 4 is 0 Å². The second-order valence-electron chi connectivity index (χ2n) is 3.75. The van der Waals surface area contributed by atoms with Crippen molar-refractivity contribution in [3.63, 3.8) is 0 Å². The van der Waals surface area contributed by atoms with Crippen LogP contribution in [0.4, 0.5) is 0 Å². The zero-order chi connectivity index (χ0) is 12.7. The molecule has 0 saturated carbocycles. The van der Waals surface area contributed by atoms with Crippen molar-refractivity contribution in [2.45, 2.75) is 26.8 Å². The monoisotopic (exact) mass is 232 g/mol. The summed E-state index contributed by atoms with van der Waals surface area (Å²) in [6.45, 7) is 8.52. The van der Waals surface area contributed by atoms with Crippen LogP contribution in [-0.2, 0) is 0 Å². The van der Waals surface area contributed by atoms with Gasteiger partial charge in [-0.2, -0.15) is 5.26 Å². The highest BCUT2D eigenvalue weighted by atomic mass is 16.5. The van der Waals surface area contributed by atoms with Gasteiger partial charge < -0.3 is 4.74 Å². The van der Waals surface area contributed by atoms with Crippen LogP contribution in [0.25, 0.3) is 0 Å². The van der Waals surface area contributed by atoms with Gasteiger partial charge >= 0.3 is 0 Å². The summed E-state index contributed by atoms with van der Waals surface area (Å²) in [7, 11) is 0. The molecule has 0 saturated heterocycles. The maximum absolute atomic E-state index is 9.26. The first-order chi connectivity index (χ1) is 8.26. The van der Waals surface area contributed by atoms with Gasteiger partial charge in [-0.15, -0.1) is 0 Å². The largest absolute Gasteiger partial charge is 0.494 e. The van der Waals surface area contributed by atoms with Crippen LogP contribution >= 0.6 is 0 Å². The number of ether oxygens (including phenoxy) is 1. The third-order valence-corrected chi connectivity index (χ3v) is 2.81. The Morgan fingerprint density at radius 3 is 2.18 bits per heavy atom. The van der Waals surface area contributed by atoms with Crippen LogP contribution in [0.5, 0.6) is 5.75 Å². The molecule has 0 N–H and O–H groups in total. The Hall–Kier alpha value is -1.53. The van der Waals surface area contributed by atoms with Crippen LogP contribution in [0.1, 0.15) is 32.4 Å². The lowest BCUT2D eigenvalue weighted by molar-refractivity contribution is 0.262. The first-order valence-electron chi connectivity index (χ1n) is 6.13. The van der Waals surface area contributed by atoms with Crippen molar-refractivity contribution in [3.8, 4) is 11.8 Å². The van der Waals surface area contributed by atoms with E-state index in [0.717, 1.165) is 24.4 Å². The molecule has 0 aliphatic heterocycles. The molecule has 0 bridgehead atoms. The summed E-state index contributed by atoms with van der Waals surface area (Å²) in [5.74, 6) is 0.854. The Kier molecular flexibility index (Phi) is 5.51. The van der Waals surface area contributed by atoms with E-state index in [4.69, 9.17) is 4.74 Å². The van der Waals surface area contributed by atoms with E-state index < -0.39 is 0 Å². The fraction of sp³-hybridized carbons (Fsp3) is 0.500. The van der Waals surface area contributed by atoms with Gasteiger partial charge in [-0.1, -0.05) is 26.0 Å². The van der Waals surface area contributed by atoms with E-state index in [2.05, 4.69) is 24.8 Å². The summed E-state index contributed by atoms with van der Waals surface area (Å²) < 4.78 is 5.39. The van der Waals surface area contributed by atoms with E-state index in [9.17, 15) is 5.26 Å². The third-order valence-electron chi connectivity index (χ3n) is 2.81. The van der Waals surface area contributed by atoms with Gasteiger partial charge in [0.2, 0.25) is 0 Å². The molecule has 1 rings (SSSR count). The van der Waals surface area contributed by atoms with Gasteiger partial charge in [-0.05, 0) is 37.7 Å². The van der Waals surface area contributed by atoms with Crippen LogP contribution in [0.3, 0.4) is 0 Å². The summed E-state index contributed by atoms with van der Waals surface area (Å²) >= 11 is 0. The minimum absolute atomic E-state index is 0.166. The highest BCUT2D eigenvalue weighted by Crippen LogP contribution is 2.22. The average Bonchev–Trinajstić information content (AvgIpc) is 2.37. The second kappa shape index (κ2) is 6.93. The molecule has 1 unspecified atom stereocenters. The Balaban J connectivity index is 2.86. The molecule has 0 amide bonds. The smallest absolute Gasteiger partial charge is 0.123 e. The van der Waals surface area contributed by atoms with Crippen molar-refractivity contribution in [2.75, 3.05) is 19.7 Å². The Morgan fingerprint density at radius 2 is 1.76 bits per heavy atom. The zero-order valence-electron chi connectivity index (χ0n) is 10.8. The number of benzene rings is 1. The van der Waals surface area contributed by atoms with Gasteiger partial charge in [0.25, 0.3) is 0 Å². The SMILES string of the molecule is CCOc1ccc(C(C#N)N(CC)CC)cc1. The average molecular weight is 232 g/mol. The number of hydrogen-bond donors (Lipinski definition) is 0. The predicted octanol–water partition coefficient (Wildman–Crippen LogP) is 2.99. The molecule has 17 heavy (non-hydrogen) atoms. The maximum Gasteiger partial charge on any atom is 0.123 e. The molecule has 0 aliphatic carbocycles. The molecule has 1 aromatic rings. The minimum atomic E-state index is -0.166. The fourth-order valence-corrected chi connectivity index (χ4v) is 1.87. The van der Waals surface area contributed by atoms with Crippen molar-refractivity contribution in [2.24, 2.45) is 0 Å². The summed E-state index contributed by atoms with van der Waals surface area (Å²) in [6, 6.07) is 9.98. The van der Waals surface area contributed by atoms with Crippen LogP contribution in [0.15, 0.2) is 24.3 Å². The van der Waals surface area contributed by atoms with Crippen LogP contribution in [0.2, 0.25) is 0 Å². The quantitative estimate of drug-likeness (QED) is 0.756. The molecule has 0 aromatic heterocycles. The lowest BCUT2D eigenvalue weighted by Crippen LogP contribution is -2.27. The molecule has 0 fully saturated rings. The Morgan fingerprint density at radius 1 is 1.18 bits per heavy atom. The molecule has 0 heterocycles. The molecule has 1 aromatic carbocycles. The lowest BCUT2D eigenvalue weighted by Gasteiger charge is -2.24. The topological polar surface area (TPSA) is 36.3 Å².